The molecule has 4 nitrogen and oxygen atoms in total. The lowest BCUT2D eigenvalue weighted by Crippen LogP contribution is -2.43. The third-order valence-corrected chi connectivity index (χ3v) is 4.53. The van der Waals surface area contributed by atoms with Crippen molar-refractivity contribution < 1.29 is 14.7 Å². The summed E-state index contributed by atoms with van der Waals surface area (Å²) in [6.07, 6.45) is 1.06. The average molecular weight is 324 g/mol. The molecule has 1 unspecified atom stereocenters. The largest absolute Gasteiger partial charge is 0.481 e. The van der Waals surface area contributed by atoms with Crippen molar-refractivity contribution in [1.29, 1.82) is 0 Å². The number of carbonyl (C=O) groups is 2. The van der Waals surface area contributed by atoms with E-state index in [0.717, 1.165) is 5.56 Å². The zero-order valence-corrected chi connectivity index (χ0v) is 13.7. The van der Waals surface area contributed by atoms with Crippen LogP contribution in [0.15, 0.2) is 24.3 Å². The van der Waals surface area contributed by atoms with E-state index in [9.17, 15) is 9.59 Å². The molecule has 1 saturated heterocycles. The molecule has 120 valence electrons. The molecule has 1 aromatic rings. The number of halogens is 1. The van der Waals surface area contributed by atoms with Crippen LogP contribution in [0.3, 0.4) is 0 Å². The zero-order valence-electron chi connectivity index (χ0n) is 13.0. The molecule has 0 bridgehead atoms. The van der Waals surface area contributed by atoms with E-state index in [4.69, 9.17) is 16.7 Å². The maximum absolute atomic E-state index is 12.9. The van der Waals surface area contributed by atoms with Crippen molar-refractivity contribution in [2.24, 2.45) is 11.8 Å². The number of benzene rings is 1. The Morgan fingerprint density at radius 3 is 2.41 bits per heavy atom. The Balaban J connectivity index is 2.13. The molecule has 0 radical (unpaired) electrons. The third-order valence-electron chi connectivity index (χ3n) is 4.30. The van der Waals surface area contributed by atoms with Crippen LogP contribution in [-0.4, -0.2) is 35.0 Å². The number of nitrogens with zero attached hydrogens (tertiary/aromatic N) is 1. The van der Waals surface area contributed by atoms with Crippen molar-refractivity contribution in [1.82, 2.24) is 4.90 Å². The number of hydrogen-bond acceptors (Lipinski definition) is 2. The molecule has 5 heteroatoms. The first-order valence-corrected chi connectivity index (χ1v) is 8.05. The summed E-state index contributed by atoms with van der Waals surface area (Å²) >= 11 is 6.05. The lowest BCUT2D eigenvalue weighted by atomic mass is 9.86. The van der Waals surface area contributed by atoms with E-state index in [1.165, 1.54) is 0 Å². The molecule has 1 amide bonds. The monoisotopic (exact) mass is 323 g/mol. The Hall–Kier alpha value is -1.55. The van der Waals surface area contributed by atoms with Gasteiger partial charge in [-0.2, -0.15) is 0 Å². The number of carbonyl (C=O) groups excluding carboxylic acids is 1. The Morgan fingerprint density at radius 2 is 1.91 bits per heavy atom. The van der Waals surface area contributed by atoms with E-state index in [2.05, 4.69) is 0 Å². The number of aliphatic carboxylic acids is 1. The average Bonchev–Trinajstić information content (AvgIpc) is 2.47. The topological polar surface area (TPSA) is 57.6 Å². The van der Waals surface area contributed by atoms with Crippen LogP contribution in [0.1, 0.15) is 38.2 Å². The molecule has 0 saturated carbocycles. The minimum absolute atomic E-state index is 0.0705. The fourth-order valence-electron chi connectivity index (χ4n) is 3.06. The van der Waals surface area contributed by atoms with E-state index in [0.29, 0.717) is 31.0 Å². The van der Waals surface area contributed by atoms with Gasteiger partial charge in [0, 0.05) is 18.1 Å². The van der Waals surface area contributed by atoms with Gasteiger partial charge in [-0.25, -0.2) is 0 Å². The Morgan fingerprint density at radius 1 is 1.27 bits per heavy atom. The first-order valence-electron chi connectivity index (χ1n) is 7.67. The smallest absolute Gasteiger partial charge is 0.306 e. The van der Waals surface area contributed by atoms with Gasteiger partial charge in [-0.1, -0.05) is 37.6 Å². The van der Waals surface area contributed by atoms with Crippen molar-refractivity contribution in [2.75, 3.05) is 13.1 Å². The van der Waals surface area contributed by atoms with Crippen LogP contribution < -0.4 is 0 Å². The van der Waals surface area contributed by atoms with Gasteiger partial charge in [0.25, 0.3) is 0 Å². The highest BCUT2D eigenvalue weighted by atomic mass is 35.5. The Bertz CT molecular complexity index is 551. The molecule has 1 fully saturated rings. The molecule has 1 atom stereocenters. The van der Waals surface area contributed by atoms with Crippen LogP contribution in [0.4, 0.5) is 0 Å². The number of carboxylic acid groups (broad SMARTS) is 1. The molecule has 1 N–H and O–H groups in total. The molecule has 22 heavy (non-hydrogen) atoms. The number of likely N-dealkylation sites (tertiary alicyclic amines) is 1. The summed E-state index contributed by atoms with van der Waals surface area (Å²) < 4.78 is 0. The summed E-state index contributed by atoms with van der Waals surface area (Å²) in [5, 5.41) is 9.68. The highest BCUT2D eigenvalue weighted by Crippen LogP contribution is 2.30. The van der Waals surface area contributed by atoms with Crippen molar-refractivity contribution >= 4 is 23.5 Å². The second-order valence-corrected chi connectivity index (χ2v) is 6.65. The highest BCUT2D eigenvalue weighted by Gasteiger charge is 2.32. The van der Waals surface area contributed by atoms with Crippen molar-refractivity contribution in [3.63, 3.8) is 0 Å². The van der Waals surface area contributed by atoms with Crippen molar-refractivity contribution in [2.45, 2.75) is 32.6 Å². The van der Waals surface area contributed by atoms with E-state index >= 15 is 0 Å². The molecular weight excluding hydrogens is 302 g/mol. The summed E-state index contributed by atoms with van der Waals surface area (Å²) in [6.45, 7) is 5.07. The van der Waals surface area contributed by atoms with Gasteiger partial charge in [-0.05, 0) is 36.5 Å². The molecule has 0 aromatic heterocycles. The van der Waals surface area contributed by atoms with Crippen LogP contribution in [0, 0.1) is 11.8 Å². The molecule has 1 heterocycles. The summed E-state index contributed by atoms with van der Waals surface area (Å²) in [7, 11) is 0. The molecular formula is C17H22ClNO3. The van der Waals surface area contributed by atoms with Gasteiger partial charge in [0.15, 0.2) is 0 Å². The maximum atomic E-state index is 12.9. The molecule has 1 aromatic carbocycles. The summed E-state index contributed by atoms with van der Waals surface area (Å²) in [6, 6.07) is 7.43. The van der Waals surface area contributed by atoms with E-state index < -0.39 is 5.97 Å². The standard InChI is InChI=1S/C17H22ClNO3/c1-11(2)15(13-4-3-5-14(18)10-13)16(20)19-8-6-12(7-9-19)17(21)22/h3-5,10-12,15H,6-9H2,1-2H3,(H,21,22). The molecule has 2 rings (SSSR count). The number of piperidine rings is 1. The number of amides is 1. The van der Waals surface area contributed by atoms with Gasteiger partial charge in [0.2, 0.25) is 5.91 Å². The van der Waals surface area contributed by atoms with Gasteiger partial charge >= 0.3 is 5.97 Å². The maximum Gasteiger partial charge on any atom is 0.306 e. The first-order chi connectivity index (χ1) is 10.4. The van der Waals surface area contributed by atoms with E-state index in [1.54, 1.807) is 11.0 Å². The highest BCUT2D eigenvalue weighted by molar-refractivity contribution is 6.30. The molecule has 0 aliphatic carbocycles. The molecule has 0 spiro atoms. The second-order valence-electron chi connectivity index (χ2n) is 6.21. The van der Waals surface area contributed by atoms with Crippen molar-refractivity contribution in [3.8, 4) is 0 Å². The van der Waals surface area contributed by atoms with E-state index in [-0.39, 0.29) is 23.7 Å². The quantitative estimate of drug-likeness (QED) is 0.923. The fraction of sp³-hybridized carbons (Fsp3) is 0.529. The number of rotatable bonds is 4. The predicted octanol–water partition coefficient (Wildman–Crippen LogP) is 3.40. The molecule has 1 aliphatic rings. The van der Waals surface area contributed by atoms with Gasteiger partial charge < -0.3 is 10.0 Å². The Labute approximate surface area is 136 Å². The van der Waals surface area contributed by atoms with Crippen LogP contribution in [-0.2, 0) is 9.59 Å². The normalized spacial score (nSPS) is 17.5. The third kappa shape index (κ3) is 3.80. The zero-order chi connectivity index (χ0) is 16.3. The second kappa shape index (κ2) is 7.14. The van der Waals surface area contributed by atoms with Gasteiger partial charge in [0.1, 0.15) is 0 Å². The first kappa shape index (κ1) is 16.8. The summed E-state index contributed by atoms with van der Waals surface area (Å²) in [5.74, 6) is -1.10. The van der Waals surface area contributed by atoms with E-state index in [1.807, 2.05) is 32.0 Å². The SMILES string of the molecule is CC(C)C(C(=O)N1CCC(C(=O)O)CC1)c1cccc(Cl)c1. The molecule has 1 aliphatic heterocycles. The van der Waals surface area contributed by atoms with Gasteiger partial charge in [0.05, 0.1) is 11.8 Å². The lowest BCUT2D eigenvalue weighted by molar-refractivity contribution is -0.146. The summed E-state index contributed by atoms with van der Waals surface area (Å²) in [4.78, 5) is 25.7. The lowest BCUT2D eigenvalue weighted by Gasteiger charge is -2.34. The van der Waals surface area contributed by atoms with Crippen molar-refractivity contribution in [3.05, 3.63) is 34.9 Å². The van der Waals surface area contributed by atoms with Crippen LogP contribution in [0.25, 0.3) is 0 Å². The summed E-state index contributed by atoms with van der Waals surface area (Å²) in [5.41, 5.74) is 0.924. The predicted molar refractivity (Wildman–Crippen MR) is 86.0 cm³/mol. The number of hydrogen-bond donors (Lipinski definition) is 1. The van der Waals surface area contributed by atoms with Crippen LogP contribution >= 0.6 is 11.6 Å². The van der Waals surface area contributed by atoms with Crippen LogP contribution in [0.5, 0.6) is 0 Å². The minimum Gasteiger partial charge on any atom is -0.481 e. The van der Waals surface area contributed by atoms with Gasteiger partial charge in [-0.3, -0.25) is 9.59 Å². The minimum atomic E-state index is -0.762. The van der Waals surface area contributed by atoms with Crippen LogP contribution in [0.2, 0.25) is 5.02 Å². The van der Waals surface area contributed by atoms with Gasteiger partial charge in [-0.15, -0.1) is 0 Å². The number of carboxylic acids is 1. The fourth-order valence-corrected chi connectivity index (χ4v) is 3.25. The Kier molecular flexibility index (Phi) is 5.46.